The molecule has 1 aromatic rings. The maximum Gasteiger partial charge on any atom is 0.380 e. The summed E-state index contributed by atoms with van der Waals surface area (Å²) in [5, 5.41) is 0.0677. The van der Waals surface area contributed by atoms with Gasteiger partial charge in [0.1, 0.15) is 5.75 Å². The second-order valence-corrected chi connectivity index (χ2v) is 6.42. The molecule has 0 bridgehead atoms. The predicted octanol–water partition coefficient (Wildman–Crippen LogP) is 4.54. The average molecular weight is 328 g/mol. The standard InChI is InChI=1S/C8H8Cl3O3PS/c1-12-15(16,13-2)14-8-4-6(10)5(9)3-7(8)11/h3-4H,1-2H3/i1D3,2D3. The lowest BCUT2D eigenvalue weighted by molar-refractivity contribution is 0.273. The molecular weight excluding hydrogens is 313 g/mol. The number of halogens is 3. The molecule has 90 valence electrons. The van der Waals surface area contributed by atoms with E-state index in [1.54, 1.807) is 0 Å². The monoisotopic (exact) mass is 326 g/mol. The Kier molecular flexibility index (Phi) is 2.86. The molecule has 1 rings (SSSR count). The van der Waals surface area contributed by atoms with Crippen molar-refractivity contribution in [2.45, 2.75) is 0 Å². The number of rotatable bonds is 4. The van der Waals surface area contributed by atoms with Crippen molar-refractivity contribution in [1.82, 2.24) is 0 Å². The van der Waals surface area contributed by atoms with E-state index in [0.717, 1.165) is 6.07 Å². The van der Waals surface area contributed by atoms with Gasteiger partial charge >= 0.3 is 6.72 Å². The Balaban J connectivity index is 3.19. The van der Waals surface area contributed by atoms with E-state index in [4.69, 9.17) is 59.4 Å². The molecule has 0 radical (unpaired) electrons. The molecule has 0 saturated heterocycles. The molecular formula is C8H8Cl3O3PS. The molecule has 8 heteroatoms. The highest BCUT2D eigenvalue weighted by atomic mass is 35.5. The Morgan fingerprint density at radius 2 is 1.69 bits per heavy atom. The molecule has 16 heavy (non-hydrogen) atoms. The molecule has 1 aromatic carbocycles. The molecule has 0 saturated carbocycles. The van der Waals surface area contributed by atoms with Gasteiger partial charge in [-0.1, -0.05) is 34.8 Å². The Morgan fingerprint density at radius 3 is 2.25 bits per heavy atom. The summed E-state index contributed by atoms with van der Waals surface area (Å²) >= 11 is 22.2. The predicted molar refractivity (Wildman–Crippen MR) is 70.4 cm³/mol. The van der Waals surface area contributed by atoms with Crippen LogP contribution in [0.1, 0.15) is 8.22 Å². The van der Waals surface area contributed by atoms with Gasteiger partial charge in [0.15, 0.2) is 0 Å². The van der Waals surface area contributed by atoms with Crippen LogP contribution in [0, 0.1) is 0 Å². The third kappa shape index (κ3) is 3.47. The third-order valence-electron chi connectivity index (χ3n) is 1.41. The lowest BCUT2D eigenvalue weighted by Gasteiger charge is -2.19. The number of hydrogen-bond acceptors (Lipinski definition) is 4. The van der Waals surface area contributed by atoms with Gasteiger partial charge in [-0.3, -0.25) is 0 Å². The summed E-state index contributed by atoms with van der Waals surface area (Å²) in [4.78, 5) is 0. The summed E-state index contributed by atoms with van der Waals surface area (Å²) < 4.78 is 56.4. The van der Waals surface area contributed by atoms with E-state index >= 15 is 0 Å². The Morgan fingerprint density at radius 1 is 1.12 bits per heavy atom. The van der Waals surface area contributed by atoms with Gasteiger partial charge in [0.05, 0.1) is 23.3 Å². The second-order valence-electron chi connectivity index (χ2n) is 2.42. The maximum absolute atomic E-state index is 7.04. The van der Waals surface area contributed by atoms with E-state index in [0.29, 0.717) is 0 Å². The quantitative estimate of drug-likeness (QED) is 0.599. The molecule has 0 spiro atoms. The van der Waals surface area contributed by atoms with Crippen molar-refractivity contribution >= 4 is 53.3 Å². The van der Waals surface area contributed by atoms with Crippen LogP contribution in [-0.4, -0.2) is 14.1 Å². The van der Waals surface area contributed by atoms with Crippen LogP contribution >= 0.6 is 41.5 Å². The third-order valence-corrected chi connectivity index (χ3v) is 3.96. The molecule has 0 aliphatic heterocycles. The molecule has 3 nitrogen and oxygen atoms in total. The second kappa shape index (κ2) is 5.87. The van der Waals surface area contributed by atoms with E-state index in [1.807, 2.05) is 0 Å². The van der Waals surface area contributed by atoms with Crippen LogP contribution in [0.5, 0.6) is 5.75 Å². The van der Waals surface area contributed by atoms with E-state index in [2.05, 4.69) is 9.05 Å². The minimum atomic E-state index is -4.22. The Hall–Kier alpha value is 0.460. The summed E-state index contributed by atoms with van der Waals surface area (Å²) in [6.45, 7) is -4.22. The number of benzene rings is 1. The Labute approximate surface area is 122 Å². The first-order chi connectivity index (χ1) is 9.71. The lowest BCUT2D eigenvalue weighted by atomic mass is 10.3. The van der Waals surface area contributed by atoms with Crippen molar-refractivity contribution in [3.05, 3.63) is 27.2 Å². The van der Waals surface area contributed by atoms with Crippen molar-refractivity contribution in [2.24, 2.45) is 0 Å². The molecule has 0 aliphatic rings. The molecule has 0 aliphatic carbocycles. The fraction of sp³-hybridized carbons (Fsp3) is 0.250. The summed E-state index contributed by atoms with van der Waals surface area (Å²) in [5.41, 5.74) is 0. The van der Waals surface area contributed by atoms with E-state index in [9.17, 15) is 0 Å². The van der Waals surface area contributed by atoms with Gasteiger partial charge in [0, 0.05) is 31.9 Å². The highest BCUT2D eigenvalue weighted by Gasteiger charge is 2.20. The van der Waals surface area contributed by atoms with E-state index in [-0.39, 0.29) is 20.8 Å². The zero-order chi connectivity index (χ0) is 17.3. The van der Waals surface area contributed by atoms with Gasteiger partial charge in [-0.15, -0.1) is 0 Å². The van der Waals surface area contributed by atoms with E-state index < -0.39 is 20.8 Å². The summed E-state index contributed by atoms with van der Waals surface area (Å²) in [6, 6.07) is 2.35. The Bertz CT molecular complexity index is 588. The van der Waals surface area contributed by atoms with Gasteiger partial charge in [-0.05, 0) is 6.07 Å². The number of hydrogen-bond donors (Lipinski definition) is 0. The zero-order valence-corrected chi connectivity index (χ0v) is 11.3. The minimum absolute atomic E-state index is 0.0328. The first-order valence-corrected chi connectivity index (χ1v) is 7.25. The molecule has 0 unspecified atom stereocenters. The molecule has 0 aromatic heterocycles. The first-order valence-electron chi connectivity index (χ1n) is 6.56. The maximum atomic E-state index is 7.04. The molecule has 0 amide bonds. The van der Waals surface area contributed by atoms with Crippen LogP contribution in [0.15, 0.2) is 12.1 Å². The van der Waals surface area contributed by atoms with Gasteiger partial charge in [0.25, 0.3) is 0 Å². The van der Waals surface area contributed by atoms with Crippen molar-refractivity contribution in [1.29, 1.82) is 0 Å². The fourth-order valence-electron chi connectivity index (χ4n) is 0.751. The summed E-state index contributed by atoms with van der Waals surface area (Å²) in [6.07, 6.45) is 0. The van der Waals surface area contributed by atoms with Crippen LogP contribution < -0.4 is 4.52 Å². The average Bonchev–Trinajstić information content (AvgIpc) is 2.19. The van der Waals surface area contributed by atoms with Crippen molar-refractivity contribution in [2.75, 3.05) is 14.1 Å². The highest BCUT2D eigenvalue weighted by molar-refractivity contribution is 8.07. The van der Waals surface area contributed by atoms with Gasteiger partial charge in [0.2, 0.25) is 0 Å². The molecule has 0 fully saturated rings. The molecule has 0 atom stereocenters. The SMILES string of the molecule is [2H]C([2H])([2H])OP(=S)(Oc1cc(Cl)c(Cl)cc1Cl)OC([2H])([2H])[2H]. The summed E-state index contributed by atoms with van der Waals surface area (Å²) in [5.74, 6) is -0.215. The van der Waals surface area contributed by atoms with Gasteiger partial charge in [-0.2, -0.15) is 0 Å². The summed E-state index contributed by atoms with van der Waals surface area (Å²) in [7, 11) is -6.08. The lowest BCUT2D eigenvalue weighted by Crippen LogP contribution is -1.97. The smallest absolute Gasteiger partial charge is 0.380 e. The van der Waals surface area contributed by atoms with Crippen molar-refractivity contribution < 1.29 is 21.8 Å². The minimum Gasteiger partial charge on any atom is -0.422 e. The normalized spacial score (nSPS) is 18.7. The van der Waals surface area contributed by atoms with Crippen LogP contribution in [0.4, 0.5) is 0 Å². The van der Waals surface area contributed by atoms with Crippen molar-refractivity contribution in [3.8, 4) is 5.75 Å². The van der Waals surface area contributed by atoms with Gasteiger partial charge in [-0.25, -0.2) is 0 Å². The fourth-order valence-corrected chi connectivity index (χ4v) is 2.12. The van der Waals surface area contributed by atoms with Crippen LogP contribution in [0.3, 0.4) is 0 Å². The van der Waals surface area contributed by atoms with E-state index in [1.165, 1.54) is 6.07 Å². The van der Waals surface area contributed by atoms with Crippen LogP contribution in [0.2, 0.25) is 15.1 Å². The van der Waals surface area contributed by atoms with Gasteiger partial charge < -0.3 is 13.6 Å². The first kappa shape index (κ1) is 7.80. The highest BCUT2D eigenvalue weighted by Crippen LogP contribution is 2.50. The molecule has 0 N–H and O–H groups in total. The largest absolute Gasteiger partial charge is 0.422 e. The van der Waals surface area contributed by atoms with Crippen LogP contribution in [-0.2, 0) is 20.9 Å². The topological polar surface area (TPSA) is 27.7 Å². The molecule has 0 heterocycles. The van der Waals surface area contributed by atoms with Crippen LogP contribution in [0.25, 0.3) is 0 Å². The zero-order valence-electron chi connectivity index (χ0n) is 13.4. The van der Waals surface area contributed by atoms with Crippen molar-refractivity contribution in [3.63, 3.8) is 0 Å².